The van der Waals surface area contributed by atoms with E-state index in [4.69, 9.17) is 0 Å². The van der Waals surface area contributed by atoms with Crippen LogP contribution in [0.3, 0.4) is 0 Å². The van der Waals surface area contributed by atoms with Gasteiger partial charge in [0.2, 0.25) is 5.91 Å². The second-order valence-corrected chi connectivity index (χ2v) is 4.96. The fourth-order valence-corrected chi connectivity index (χ4v) is 2.33. The number of hydrogen-bond donors (Lipinski definition) is 2. The van der Waals surface area contributed by atoms with Gasteiger partial charge in [-0.3, -0.25) is 9.48 Å². The molecule has 100 valence electrons. The van der Waals surface area contributed by atoms with Crippen molar-refractivity contribution in [2.45, 2.75) is 25.7 Å². The summed E-state index contributed by atoms with van der Waals surface area (Å²) in [6.07, 6.45) is 5.50. The monoisotopic (exact) mass is 250 g/mol. The number of carbonyl (C=O) groups excluding carboxylic acids is 1. The Morgan fingerprint density at radius 3 is 3.22 bits per heavy atom. The van der Waals surface area contributed by atoms with Crippen LogP contribution < -0.4 is 10.6 Å². The van der Waals surface area contributed by atoms with Crippen molar-refractivity contribution in [1.29, 1.82) is 0 Å². The highest BCUT2D eigenvalue weighted by atomic mass is 16.1. The van der Waals surface area contributed by atoms with Gasteiger partial charge in [0.25, 0.3) is 0 Å². The molecule has 18 heavy (non-hydrogen) atoms. The zero-order chi connectivity index (χ0) is 12.8. The lowest BCUT2D eigenvalue weighted by Gasteiger charge is -2.22. The van der Waals surface area contributed by atoms with E-state index in [0.717, 1.165) is 31.7 Å². The van der Waals surface area contributed by atoms with Gasteiger partial charge in [0.05, 0.1) is 0 Å². The summed E-state index contributed by atoms with van der Waals surface area (Å²) in [5.41, 5.74) is 1.10. The molecule has 0 radical (unpaired) electrons. The Kier molecular flexibility index (Phi) is 4.75. The van der Waals surface area contributed by atoms with Crippen LogP contribution in [0.4, 0.5) is 0 Å². The van der Waals surface area contributed by atoms with Gasteiger partial charge < -0.3 is 10.6 Å². The predicted octanol–water partition coefficient (Wildman–Crippen LogP) is 0.469. The Hall–Kier alpha value is -1.36. The summed E-state index contributed by atoms with van der Waals surface area (Å²) in [6, 6.07) is 1.96. The molecule has 1 saturated heterocycles. The highest BCUT2D eigenvalue weighted by Gasteiger charge is 2.13. The summed E-state index contributed by atoms with van der Waals surface area (Å²) in [7, 11) is 1.90. The number of hydrogen-bond acceptors (Lipinski definition) is 3. The molecule has 1 aromatic rings. The van der Waals surface area contributed by atoms with E-state index in [1.807, 2.05) is 17.8 Å². The van der Waals surface area contributed by atoms with Gasteiger partial charge in [0.1, 0.15) is 0 Å². The molecule has 0 unspecified atom stereocenters. The molecule has 0 saturated carbocycles. The van der Waals surface area contributed by atoms with Gasteiger partial charge in [-0.25, -0.2) is 0 Å². The Balaban J connectivity index is 1.64. The minimum absolute atomic E-state index is 0.141. The molecule has 1 fully saturated rings. The first-order chi connectivity index (χ1) is 8.75. The summed E-state index contributed by atoms with van der Waals surface area (Å²) < 4.78 is 1.82. The molecule has 5 heteroatoms. The van der Waals surface area contributed by atoms with Crippen LogP contribution in [-0.4, -0.2) is 35.3 Å². The summed E-state index contributed by atoms with van der Waals surface area (Å²) in [5, 5.41) is 10.5. The van der Waals surface area contributed by atoms with Gasteiger partial charge in [0, 0.05) is 31.9 Å². The van der Waals surface area contributed by atoms with E-state index in [2.05, 4.69) is 15.7 Å². The molecule has 1 atom stereocenters. The van der Waals surface area contributed by atoms with E-state index < -0.39 is 0 Å². The van der Waals surface area contributed by atoms with Crippen LogP contribution in [0, 0.1) is 5.92 Å². The summed E-state index contributed by atoms with van der Waals surface area (Å²) in [5.74, 6) is 0.737. The Bertz CT molecular complexity index is 382. The fourth-order valence-electron chi connectivity index (χ4n) is 2.33. The van der Waals surface area contributed by atoms with E-state index in [0.29, 0.717) is 12.3 Å². The molecular formula is C13H22N4O. The number of nitrogens with zero attached hydrogens (tertiary/aromatic N) is 2. The maximum absolute atomic E-state index is 11.7. The normalized spacial score (nSPS) is 19.7. The van der Waals surface area contributed by atoms with Crippen molar-refractivity contribution in [2.24, 2.45) is 13.0 Å². The molecule has 0 spiro atoms. The maximum Gasteiger partial charge on any atom is 0.220 e. The number of carbonyl (C=O) groups is 1. The van der Waals surface area contributed by atoms with Gasteiger partial charge in [-0.05, 0) is 44.3 Å². The molecule has 2 N–H and O–H groups in total. The van der Waals surface area contributed by atoms with Crippen molar-refractivity contribution < 1.29 is 4.79 Å². The largest absolute Gasteiger partial charge is 0.356 e. The summed E-state index contributed by atoms with van der Waals surface area (Å²) in [4.78, 5) is 11.7. The third kappa shape index (κ3) is 3.84. The molecule has 0 aromatic carbocycles. The highest BCUT2D eigenvalue weighted by molar-refractivity contribution is 5.76. The van der Waals surface area contributed by atoms with Gasteiger partial charge in [-0.1, -0.05) is 0 Å². The third-order valence-electron chi connectivity index (χ3n) is 3.52. The van der Waals surface area contributed by atoms with Crippen molar-refractivity contribution in [2.75, 3.05) is 19.6 Å². The number of amides is 1. The average Bonchev–Trinajstić information content (AvgIpc) is 2.81. The van der Waals surface area contributed by atoms with Crippen molar-refractivity contribution in [3.8, 4) is 0 Å². The maximum atomic E-state index is 11.7. The third-order valence-corrected chi connectivity index (χ3v) is 3.52. The van der Waals surface area contributed by atoms with Crippen molar-refractivity contribution >= 4 is 5.91 Å². The SMILES string of the molecule is Cn1nccc1CCC(=O)NC[C@H]1CCCNC1. The number of aromatic nitrogens is 2. The van der Waals surface area contributed by atoms with Crippen LogP contribution in [-0.2, 0) is 18.3 Å². The smallest absolute Gasteiger partial charge is 0.220 e. The van der Waals surface area contributed by atoms with Crippen LogP contribution >= 0.6 is 0 Å². The molecule has 2 rings (SSSR count). The van der Waals surface area contributed by atoms with Crippen molar-refractivity contribution in [3.05, 3.63) is 18.0 Å². The Morgan fingerprint density at radius 2 is 2.56 bits per heavy atom. The molecule has 2 heterocycles. The highest BCUT2D eigenvalue weighted by Crippen LogP contribution is 2.08. The van der Waals surface area contributed by atoms with Gasteiger partial charge in [0.15, 0.2) is 0 Å². The molecule has 1 amide bonds. The predicted molar refractivity (Wildman–Crippen MR) is 70.1 cm³/mol. The van der Waals surface area contributed by atoms with Crippen LogP contribution in [0.1, 0.15) is 25.0 Å². The molecule has 1 aliphatic rings. The van der Waals surface area contributed by atoms with Crippen molar-refractivity contribution in [1.82, 2.24) is 20.4 Å². The second-order valence-electron chi connectivity index (χ2n) is 4.96. The van der Waals surface area contributed by atoms with E-state index in [-0.39, 0.29) is 5.91 Å². The quantitative estimate of drug-likeness (QED) is 0.798. The number of rotatable bonds is 5. The van der Waals surface area contributed by atoms with Crippen LogP contribution in [0.2, 0.25) is 0 Å². The van der Waals surface area contributed by atoms with Crippen LogP contribution in [0.15, 0.2) is 12.3 Å². The lowest BCUT2D eigenvalue weighted by atomic mass is 10.00. The fraction of sp³-hybridized carbons (Fsp3) is 0.692. The van der Waals surface area contributed by atoms with E-state index in [1.54, 1.807) is 6.20 Å². The lowest BCUT2D eigenvalue weighted by molar-refractivity contribution is -0.121. The number of piperidine rings is 1. The summed E-state index contributed by atoms with van der Waals surface area (Å²) in [6.45, 7) is 2.95. The minimum Gasteiger partial charge on any atom is -0.356 e. The second kappa shape index (κ2) is 6.54. The Labute approximate surface area is 108 Å². The first-order valence-electron chi connectivity index (χ1n) is 6.70. The van der Waals surface area contributed by atoms with Gasteiger partial charge in [-0.15, -0.1) is 0 Å². The standard InChI is InChI=1S/C13H22N4O/c1-17-12(6-8-16-17)4-5-13(18)15-10-11-3-2-7-14-9-11/h6,8,11,14H,2-5,7,9-10H2,1H3,(H,15,18)/t11-/m0/s1. The molecular weight excluding hydrogens is 228 g/mol. The van der Waals surface area contributed by atoms with Crippen LogP contribution in [0.5, 0.6) is 0 Å². The molecule has 0 bridgehead atoms. The van der Waals surface area contributed by atoms with Crippen molar-refractivity contribution in [3.63, 3.8) is 0 Å². The average molecular weight is 250 g/mol. The van der Waals surface area contributed by atoms with E-state index in [9.17, 15) is 4.79 Å². The molecule has 5 nitrogen and oxygen atoms in total. The first kappa shape index (κ1) is 13.1. The minimum atomic E-state index is 0.141. The van der Waals surface area contributed by atoms with E-state index >= 15 is 0 Å². The number of nitrogens with one attached hydrogen (secondary N) is 2. The Morgan fingerprint density at radius 1 is 1.67 bits per heavy atom. The molecule has 1 aliphatic heterocycles. The number of aryl methyl sites for hydroxylation is 2. The van der Waals surface area contributed by atoms with Gasteiger partial charge >= 0.3 is 0 Å². The van der Waals surface area contributed by atoms with E-state index in [1.165, 1.54) is 12.8 Å². The lowest BCUT2D eigenvalue weighted by Crippen LogP contribution is -2.38. The van der Waals surface area contributed by atoms with Gasteiger partial charge in [-0.2, -0.15) is 5.10 Å². The zero-order valence-electron chi connectivity index (χ0n) is 11.0. The topological polar surface area (TPSA) is 59.0 Å². The van der Waals surface area contributed by atoms with Crippen LogP contribution in [0.25, 0.3) is 0 Å². The molecule has 0 aliphatic carbocycles. The summed E-state index contributed by atoms with van der Waals surface area (Å²) >= 11 is 0. The first-order valence-corrected chi connectivity index (χ1v) is 6.70. The zero-order valence-corrected chi connectivity index (χ0v) is 11.0. The molecule has 1 aromatic heterocycles.